The Morgan fingerprint density at radius 2 is 1.80 bits per heavy atom. The Bertz CT molecular complexity index is 193. The van der Waals surface area contributed by atoms with E-state index in [9.17, 15) is 0 Å². The number of nitrogens with zero attached hydrogens (tertiary/aromatic N) is 1. The molecule has 2 heteroatoms. The van der Waals surface area contributed by atoms with Crippen molar-refractivity contribution in [1.82, 2.24) is 10.2 Å². The van der Waals surface area contributed by atoms with Crippen molar-refractivity contribution >= 4 is 0 Å². The molecule has 0 amide bonds. The molecule has 1 saturated heterocycles. The van der Waals surface area contributed by atoms with E-state index in [2.05, 4.69) is 31.0 Å². The largest absolute Gasteiger partial charge is 0.313 e. The van der Waals surface area contributed by atoms with Gasteiger partial charge in [-0.15, -0.1) is 0 Å². The van der Waals surface area contributed by atoms with Crippen LogP contribution >= 0.6 is 0 Å². The van der Waals surface area contributed by atoms with Crippen molar-refractivity contribution in [1.29, 1.82) is 0 Å². The Morgan fingerprint density at radius 3 is 2.33 bits per heavy atom. The molecule has 2 aliphatic rings. The number of likely N-dealkylation sites (N-methyl/N-ethyl adjacent to an activating group) is 1. The molecule has 0 bridgehead atoms. The Hall–Kier alpha value is -0.0800. The summed E-state index contributed by atoms with van der Waals surface area (Å²) >= 11 is 0. The molecule has 2 nitrogen and oxygen atoms in total. The summed E-state index contributed by atoms with van der Waals surface area (Å²) in [6, 6.07) is 1.34. The van der Waals surface area contributed by atoms with Crippen LogP contribution in [0.2, 0.25) is 0 Å². The van der Waals surface area contributed by atoms with Crippen LogP contribution in [0.15, 0.2) is 0 Å². The Morgan fingerprint density at radius 1 is 1.20 bits per heavy atom. The maximum Gasteiger partial charge on any atom is 0.0218 e. The van der Waals surface area contributed by atoms with Crippen LogP contribution < -0.4 is 5.32 Å². The maximum absolute atomic E-state index is 3.55. The van der Waals surface area contributed by atoms with Gasteiger partial charge in [-0.1, -0.05) is 13.3 Å². The number of rotatable bonds is 4. The van der Waals surface area contributed by atoms with E-state index in [1.54, 1.807) is 0 Å². The number of hydrogen-bond donors (Lipinski definition) is 1. The van der Waals surface area contributed by atoms with Gasteiger partial charge in [0, 0.05) is 25.2 Å². The van der Waals surface area contributed by atoms with Gasteiger partial charge in [-0.05, 0) is 45.1 Å². The first kappa shape index (κ1) is 11.4. The van der Waals surface area contributed by atoms with E-state index in [4.69, 9.17) is 0 Å². The van der Waals surface area contributed by atoms with Gasteiger partial charge in [0.15, 0.2) is 0 Å². The summed E-state index contributed by atoms with van der Waals surface area (Å²) in [5.74, 6) is 2.06. The van der Waals surface area contributed by atoms with Gasteiger partial charge in [-0.3, -0.25) is 4.90 Å². The summed E-state index contributed by atoms with van der Waals surface area (Å²) in [4.78, 5) is 2.71. The number of nitrogens with one attached hydrogen (secondary N) is 1. The van der Waals surface area contributed by atoms with Crippen LogP contribution in [0.3, 0.4) is 0 Å². The zero-order valence-electron chi connectivity index (χ0n) is 10.5. The molecule has 88 valence electrons. The number of fused-ring (bicyclic) bond motifs is 1. The van der Waals surface area contributed by atoms with Crippen molar-refractivity contribution in [2.24, 2.45) is 11.8 Å². The van der Waals surface area contributed by atoms with E-state index in [0.29, 0.717) is 12.1 Å². The minimum Gasteiger partial charge on any atom is -0.313 e. The highest BCUT2D eigenvalue weighted by Gasteiger charge is 2.38. The fourth-order valence-electron chi connectivity index (χ4n) is 3.41. The van der Waals surface area contributed by atoms with Crippen molar-refractivity contribution in [3.8, 4) is 0 Å². The molecule has 1 heterocycles. The fraction of sp³-hybridized carbons (Fsp3) is 1.00. The Labute approximate surface area is 94.4 Å². The maximum atomic E-state index is 3.55. The highest BCUT2D eigenvalue weighted by molar-refractivity contribution is 4.92. The number of likely N-dealkylation sites (tertiary alicyclic amines) is 1. The second kappa shape index (κ2) is 4.84. The molecule has 1 saturated carbocycles. The molecule has 2 rings (SSSR count). The van der Waals surface area contributed by atoms with Gasteiger partial charge < -0.3 is 5.32 Å². The average Bonchev–Trinajstić information content (AvgIpc) is 2.75. The molecule has 0 aromatic carbocycles. The van der Waals surface area contributed by atoms with Crippen LogP contribution in [0.4, 0.5) is 0 Å². The lowest BCUT2D eigenvalue weighted by Crippen LogP contribution is -2.46. The van der Waals surface area contributed by atoms with Crippen LogP contribution in [0.25, 0.3) is 0 Å². The lowest BCUT2D eigenvalue weighted by atomic mass is 10.0. The predicted molar refractivity (Wildman–Crippen MR) is 65.0 cm³/mol. The normalized spacial score (nSPS) is 35.4. The first-order valence-electron chi connectivity index (χ1n) is 6.69. The molecule has 0 aromatic rings. The monoisotopic (exact) mass is 210 g/mol. The van der Waals surface area contributed by atoms with Gasteiger partial charge in [0.25, 0.3) is 0 Å². The third-order valence-electron chi connectivity index (χ3n) is 4.58. The van der Waals surface area contributed by atoms with E-state index in [-0.39, 0.29) is 0 Å². The second-order valence-corrected chi connectivity index (χ2v) is 5.49. The number of hydrogen-bond acceptors (Lipinski definition) is 2. The summed E-state index contributed by atoms with van der Waals surface area (Å²) in [5.41, 5.74) is 0. The predicted octanol–water partition coefficient (Wildman–Crippen LogP) is 2.10. The minimum absolute atomic E-state index is 0.633. The second-order valence-electron chi connectivity index (χ2n) is 5.49. The van der Waals surface area contributed by atoms with E-state index in [1.807, 2.05) is 0 Å². The van der Waals surface area contributed by atoms with Crippen LogP contribution in [-0.2, 0) is 0 Å². The Kier molecular flexibility index (Phi) is 3.68. The van der Waals surface area contributed by atoms with Crippen molar-refractivity contribution in [2.75, 3.05) is 19.6 Å². The molecule has 0 spiro atoms. The van der Waals surface area contributed by atoms with Gasteiger partial charge in [0.1, 0.15) is 0 Å². The first-order valence-corrected chi connectivity index (χ1v) is 6.69. The van der Waals surface area contributed by atoms with Crippen molar-refractivity contribution in [3.05, 3.63) is 0 Å². The highest BCUT2D eigenvalue weighted by atomic mass is 15.2. The molecule has 0 aromatic heterocycles. The smallest absolute Gasteiger partial charge is 0.0218 e. The van der Waals surface area contributed by atoms with Crippen LogP contribution in [-0.4, -0.2) is 36.6 Å². The van der Waals surface area contributed by atoms with E-state index < -0.39 is 0 Å². The van der Waals surface area contributed by atoms with E-state index >= 15 is 0 Å². The SMILES string of the molecule is CCNC(C)C(C)N1CC2CCCC2C1. The topological polar surface area (TPSA) is 15.3 Å². The van der Waals surface area contributed by atoms with Gasteiger partial charge >= 0.3 is 0 Å². The van der Waals surface area contributed by atoms with Crippen LogP contribution in [0.5, 0.6) is 0 Å². The molecule has 0 radical (unpaired) electrons. The lowest BCUT2D eigenvalue weighted by Gasteiger charge is -2.30. The highest BCUT2D eigenvalue weighted by Crippen LogP contribution is 2.38. The molecule has 1 N–H and O–H groups in total. The van der Waals surface area contributed by atoms with Gasteiger partial charge in [0.05, 0.1) is 0 Å². The molecular formula is C13H26N2. The van der Waals surface area contributed by atoms with Crippen molar-refractivity contribution in [3.63, 3.8) is 0 Å². The van der Waals surface area contributed by atoms with Crippen molar-refractivity contribution in [2.45, 2.75) is 52.1 Å². The fourth-order valence-corrected chi connectivity index (χ4v) is 3.41. The third kappa shape index (κ3) is 2.36. The standard InChI is InChI=1S/C13H26N2/c1-4-14-10(2)11(3)15-8-12-6-5-7-13(12)9-15/h10-14H,4-9H2,1-3H3. The quantitative estimate of drug-likeness (QED) is 0.764. The molecular weight excluding hydrogens is 184 g/mol. The van der Waals surface area contributed by atoms with Gasteiger partial charge in [-0.2, -0.15) is 0 Å². The summed E-state index contributed by atoms with van der Waals surface area (Å²) in [6.07, 6.45) is 4.47. The molecule has 2 fully saturated rings. The minimum atomic E-state index is 0.633. The van der Waals surface area contributed by atoms with Crippen LogP contribution in [0, 0.1) is 11.8 Å². The molecule has 4 unspecified atom stereocenters. The summed E-state index contributed by atoms with van der Waals surface area (Å²) in [7, 11) is 0. The molecule has 4 atom stereocenters. The van der Waals surface area contributed by atoms with Crippen molar-refractivity contribution < 1.29 is 0 Å². The van der Waals surface area contributed by atoms with Gasteiger partial charge in [-0.25, -0.2) is 0 Å². The molecule has 1 aliphatic heterocycles. The summed E-state index contributed by atoms with van der Waals surface area (Å²) in [5, 5.41) is 3.55. The zero-order chi connectivity index (χ0) is 10.8. The summed E-state index contributed by atoms with van der Waals surface area (Å²) < 4.78 is 0. The molecule has 15 heavy (non-hydrogen) atoms. The van der Waals surface area contributed by atoms with Gasteiger partial charge in [0.2, 0.25) is 0 Å². The summed E-state index contributed by atoms with van der Waals surface area (Å²) in [6.45, 7) is 10.7. The van der Waals surface area contributed by atoms with E-state index in [1.165, 1.54) is 32.4 Å². The molecule has 1 aliphatic carbocycles. The lowest BCUT2D eigenvalue weighted by molar-refractivity contribution is 0.200. The third-order valence-corrected chi connectivity index (χ3v) is 4.58. The zero-order valence-corrected chi connectivity index (χ0v) is 10.5. The average molecular weight is 210 g/mol. The van der Waals surface area contributed by atoms with Crippen LogP contribution in [0.1, 0.15) is 40.0 Å². The Balaban J connectivity index is 1.84. The first-order chi connectivity index (χ1) is 7.22. The van der Waals surface area contributed by atoms with E-state index in [0.717, 1.165) is 18.4 Å².